The van der Waals surface area contributed by atoms with E-state index >= 15 is 0 Å². The number of amides is 1. The monoisotopic (exact) mass is 410 g/mol. The lowest BCUT2D eigenvalue weighted by atomic mass is 9.95. The van der Waals surface area contributed by atoms with Gasteiger partial charge in [-0.15, -0.1) is 0 Å². The van der Waals surface area contributed by atoms with Crippen LogP contribution in [0.15, 0.2) is 12.1 Å². The van der Waals surface area contributed by atoms with Crippen LogP contribution in [-0.4, -0.2) is 37.9 Å². The molecule has 0 spiro atoms. The van der Waals surface area contributed by atoms with E-state index in [1.54, 1.807) is 12.1 Å². The van der Waals surface area contributed by atoms with Crippen LogP contribution in [0.2, 0.25) is 0 Å². The second-order valence-electron chi connectivity index (χ2n) is 8.27. The number of hydrogen-bond donors (Lipinski definition) is 2. The highest BCUT2D eigenvalue weighted by Crippen LogP contribution is 2.32. The minimum atomic E-state index is -3.52. The van der Waals surface area contributed by atoms with Crippen LogP contribution in [-0.2, 0) is 26.1 Å². The van der Waals surface area contributed by atoms with Crippen LogP contribution in [0.1, 0.15) is 66.7 Å². The predicted octanol–water partition coefficient (Wildman–Crippen LogP) is 2.31. The molecule has 1 atom stereocenters. The fraction of sp³-hybridized carbons (Fsp3) is 0.579. The lowest BCUT2D eigenvalue weighted by molar-refractivity contribution is 0.0534. The van der Waals surface area contributed by atoms with Crippen molar-refractivity contribution < 1.29 is 27.5 Å². The largest absolute Gasteiger partial charge is 0.457 e. The van der Waals surface area contributed by atoms with Crippen molar-refractivity contribution >= 4 is 22.1 Å². The smallest absolute Gasteiger partial charge is 0.407 e. The molecular formula is C19H26N2O6S. The topological polar surface area (TPSA) is 111 Å². The van der Waals surface area contributed by atoms with Crippen molar-refractivity contribution in [2.24, 2.45) is 0 Å². The molecule has 0 bridgehead atoms. The van der Waals surface area contributed by atoms with Gasteiger partial charge in [-0.05, 0) is 57.7 Å². The van der Waals surface area contributed by atoms with E-state index in [1.807, 2.05) is 27.7 Å². The van der Waals surface area contributed by atoms with Gasteiger partial charge in [0.1, 0.15) is 13.2 Å². The van der Waals surface area contributed by atoms with Crippen molar-refractivity contribution in [3.8, 4) is 0 Å². The number of benzene rings is 1. The van der Waals surface area contributed by atoms with E-state index in [0.717, 1.165) is 11.1 Å². The number of cyclic esters (lactones) is 1. The number of carbonyl (C=O) groups is 2. The molecule has 0 saturated heterocycles. The number of hydrogen-bond acceptors (Lipinski definition) is 6. The Kier molecular flexibility index (Phi) is 5.42. The molecule has 0 aromatic heterocycles. The van der Waals surface area contributed by atoms with E-state index in [1.165, 1.54) is 0 Å². The summed E-state index contributed by atoms with van der Waals surface area (Å²) in [5.41, 5.74) is 2.16. The maximum absolute atomic E-state index is 12.5. The van der Waals surface area contributed by atoms with Crippen LogP contribution in [0, 0.1) is 6.92 Å². The van der Waals surface area contributed by atoms with Crippen LogP contribution in [0.3, 0.4) is 0 Å². The zero-order chi connectivity index (χ0) is 20.7. The molecule has 1 aliphatic carbocycles. The molecule has 8 nitrogen and oxygen atoms in total. The first kappa shape index (κ1) is 20.6. The number of fused-ring (bicyclic) bond motifs is 1. The lowest BCUT2D eigenvalue weighted by Crippen LogP contribution is -2.42. The van der Waals surface area contributed by atoms with E-state index in [-0.39, 0.29) is 19.2 Å². The summed E-state index contributed by atoms with van der Waals surface area (Å²) in [5, 5.41) is 2.28. The first-order valence-electron chi connectivity index (χ1n) is 9.23. The van der Waals surface area contributed by atoms with Crippen molar-refractivity contribution in [2.45, 2.75) is 64.0 Å². The summed E-state index contributed by atoms with van der Waals surface area (Å²) in [6.45, 7) is 7.27. The maximum atomic E-state index is 12.5. The van der Waals surface area contributed by atoms with E-state index in [9.17, 15) is 18.0 Å². The van der Waals surface area contributed by atoms with E-state index in [4.69, 9.17) is 9.47 Å². The third-order valence-corrected chi connectivity index (χ3v) is 6.67. The molecule has 2 N–H and O–H groups in total. The average Bonchev–Trinajstić information content (AvgIpc) is 3.36. The highest BCUT2D eigenvalue weighted by molar-refractivity contribution is 7.90. The van der Waals surface area contributed by atoms with Gasteiger partial charge < -0.3 is 14.8 Å². The summed E-state index contributed by atoms with van der Waals surface area (Å²) in [4.78, 5) is 23.8. The van der Waals surface area contributed by atoms with Gasteiger partial charge in [-0.3, -0.25) is 0 Å². The summed E-state index contributed by atoms with van der Waals surface area (Å²) < 4.78 is 38.0. The van der Waals surface area contributed by atoms with Gasteiger partial charge in [0.2, 0.25) is 10.0 Å². The Morgan fingerprint density at radius 3 is 2.61 bits per heavy atom. The number of sulfonamides is 1. The molecule has 1 saturated carbocycles. The summed E-state index contributed by atoms with van der Waals surface area (Å²) >= 11 is 0. The first-order chi connectivity index (χ1) is 13.0. The van der Waals surface area contributed by atoms with E-state index in [2.05, 4.69) is 10.0 Å². The molecule has 0 radical (unpaired) electrons. The van der Waals surface area contributed by atoms with Crippen LogP contribution in [0.4, 0.5) is 4.79 Å². The quantitative estimate of drug-likeness (QED) is 0.696. The normalized spacial score (nSPS) is 17.6. The minimum Gasteiger partial charge on any atom is -0.457 e. The van der Waals surface area contributed by atoms with E-state index < -0.39 is 32.9 Å². The molecule has 1 fully saturated rings. The molecule has 1 amide bonds. The SMILES string of the molecule is Cc1c([C@H](COC(=O)NC(C)(C)C)NS(=O)(=O)C2CC2)ccc2c1COC2=O. The summed E-state index contributed by atoms with van der Waals surface area (Å²) in [5.74, 6) is -0.388. The maximum Gasteiger partial charge on any atom is 0.407 e. The van der Waals surface area contributed by atoms with Crippen LogP contribution < -0.4 is 10.0 Å². The molecule has 1 aromatic rings. The Bertz CT molecular complexity index is 900. The number of carbonyl (C=O) groups excluding carboxylic acids is 2. The van der Waals surface area contributed by atoms with Gasteiger partial charge in [-0.25, -0.2) is 22.7 Å². The highest BCUT2D eigenvalue weighted by Gasteiger charge is 2.38. The molecule has 154 valence electrons. The Morgan fingerprint density at radius 2 is 2.00 bits per heavy atom. The molecule has 0 unspecified atom stereocenters. The predicted molar refractivity (Wildman–Crippen MR) is 102 cm³/mol. The summed E-state index contributed by atoms with van der Waals surface area (Å²) in [6.07, 6.45) is 0.623. The van der Waals surface area contributed by atoms with Crippen molar-refractivity contribution in [1.82, 2.24) is 10.0 Å². The van der Waals surface area contributed by atoms with Crippen LogP contribution in [0.5, 0.6) is 0 Å². The van der Waals surface area contributed by atoms with E-state index in [0.29, 0.717) is 24.0 Å². The van der Waals surface area contributed by atoms with Crippen molar-refractivity contribution in [3.05, 3.63) is 34.4 Å². The molecule has 28 heavy (non-hydrogen) atoms. The molecule has 1 heterocycles. The number of nitrogens with one attached hydrogen (secondary N) is 2. The van der Waals surface area contributed by atoms with Crippen molar-refractivity contribution in [3.63, 3.8) is 0 Å². The van der Waals surface area contributed by atoms with Gasteiger partial charge in [-0.1, -0.05) is 6.07 Å². The molecule has 9 heteroatoms. The zero-order valence-electron chi connectivity index (χ0n) is 16.5. The average molecular weight is 410 g/mol. The van der Waals surface area contributed by atoms with Gasteiger partial charge in [0.25, 0.3) is 0 Å². The third kappa shape index (κ3) is 4.64. The second kappa shape index (κ2) is 7.36. The second-order valence-corrected chi connectivity index (χ2v) is 10.3. The minimum absolute atomic E-state index is 0.154. The Balaban J connectivity index is 1.84. The standard InChI is InChI=1S/C19H26N2O6S/c1-11-13(7-8-14-15(11)9-26-17(14)22)16(21-28(24,25)12-5-6-12)10-27-18(23)20-19(2,3)4/h7-8,12,16,21H,5-6,9-10H2,1-4H3,(H,20,23)/t16-/m0/s1. The Morgan fingerprint density at radius 1 is 1.32 bits per heavy atom. The fourth-order valence-electron chi connectivity index (χ4n) is 3.11. The fourth-order valence-corrected chi connectivity index (χ4v) is 4.65. The lowest BCUT2D eigenvalue weighted by Gasteiger charge is -2.24. The van der Waals surface area contributed by atoms with Gasteiger partial charge >= 0.3 is 12.1 Å². The zero-order valence-corrected chi connectivity index (χ0v) is 17.3. The van der Waals surface area contributed by atoms with Gasteiger partial charge in [0, 0.05) is 11.1 Å². The summed E-state index contributed by atoms with van der Waals surface area (Å²) in [6, 6.07) is 2.56. The number of esters is 1. The highest BCUT2D eigenvalue weighted by atomic mass is 32.2. The summed E-state index contributed by atoms with van der Waals surface area (Å²) in [7, 11) is -3.52. The van der Waals surface area contributed by atoms with Gasteiger partial charge in [0.05, 0.1) is 16.9 Å². The Labute approximate surface area is 165 Å². The molecule has 2 aliphatic rings. The first-order valence-corrected chi connectivity index (χ1v) is 10.8. The van der Waals surface area contributed by atoms with Crippen LogP contribution in [0.25, 0.3) is 0 Å². The molecular weight excluding hydrogens is 384 g/mol. The molecule has 1 aromatic carbocycles. The van der Waals surface area contributed by atoms with Gasteiger partial charge in [-0.2, -0.15) is 0 Å². The number of rotatable bonds is 6. The third-order valence-electron chi connectivity index (χ3n) is 4.71. The van der Waals surface area contributed by atoms with Crippen LogP contribution >= 0.6 is 0 Å². The van der Waals surface area contributed by atoms with Gasteiger partial charge in [0.15, 0.2) is 0 Å². The number of alkyl carbamates (subject to hydrolysis) is 1. The van der Waals surface area contributed by atoms with Crippen molar-refractivity contribution in [2.75, 3.05) is 6.61 Å². The Hall–Kier alpha value is -2.13. The van der Waals surface area contributed by atoms with Crippen molar-refractivity contribution in [1.29, 1.82) is 0 Å². The molecule has 3 rings (SSSR count). The number of ether oxygens (including phenoxy) is 2. The molecule has 1 aliphatic heterocycles.